The molecule has 0 amide bonds. The lowest BCUT2D eigenvalue weighted by Gasteiger charge is -2.13. The smallest absolute Gasteiger partial charge is 0.171 e. The Labute approximate surface area is 96.1 Å². The van der Waals surface area contributed by atoms with Crippen LogP contribution >= 0.6 is 12.2 Å². The average molecular weight is 226 g/mol. The van der Waals surface area contributed by atoms with E-state index < -0.39 is 0 Å². The molecule has 4 nitrogen and oxygen atoms in total. The number of anilines is 1. The Balaban J connectivity index is 2.76. The highest BCUT2D eigenvalue weighted by atomic mass is 32.1. The van der Waals surface area contributed by atoms with Crippen LogP contribution in [-0.4, -0.2) is 20.9 Å². The van der Waals surface area contributed by atoms with E-state index in [-0.39, 0.29) is 0 Å². The molecule has 0 saturated carbocycles. The number of aromatic nitrogens is 2. The predicted octanol–water partition coefficient (Wildman–Crippen LogP) is 1.73. The van der Waals surface area contributed by atoms with Gasteiger partial charge in [0.15, 0.2) is 5.11 Å². The molecule has 0 saturated heterocycles. The topological polar surface area (TPSA) is 41.9 Å². The zero-order chi connectivity index (χ0) is 11.6. The monoisotopic (exact) mass is 226 g/mol. The van der Waals surface area contributed by atoms with Crippen molar-refractivity contribution in [3.8, 4) is 0 Å². The van der Waals surface area contributed by atoms with Crippen LogP contribution in [0.5, 0.6) is 0 Å². The van der Waals surface area contributed by atoms with Gasteiger partial charge in [-0.15, -0.1) is 0 Å². The van der Waals surface area contributed by atoms with Crippen molar-refractivity contribution >= 4 is 23.0 Å². The van der Waals surface area contributed by atoms with Crippen LogP contribution < -0.4 is 10.6 Å². The molecule has 84 valence electrons. The van der Waals surface area contributed by atoms with Crippen molar-refractivity contribution in [2.24, 2.45) is 7.05 Å². The van der Waals surface area contributed by atoms with E-state index in [0.717, 1.165) is 17.1 Å². The number of nitrogens with one attached hydrogen (secondary N) is 2. The number of rotatable bonds is 2. The number of hydrogen-bond donors (Lipinski definition) is 2. The van der Waals surface area contributed by atoms with Gasteiger partial charge in [-0.3, -0.25) is 4.68 Å². The van der Waals surface area contributed by atoms with E-state index in [1.54, 1.807) is 0 Å². The van der Waals surface area contributed by atoms with Gasteiger partial charge in [0.25, 0.3) is 0 Å². The highest BCUT2D eigenvalue weighted by Crippen LogP contribution is 2.17. The van der Waals surface area contributed by atoms with E-state index in [0.29, 0.717) is 11.2 Å². The zero-order valence-electron chi connectivity index (χ0n) is 9.88. The first-order valence-corrected chi connectivity index (χ1v) is 5.40. The third-order valence-corrected chi connectivity index (χ3v) is 2.39. The molecule has 0 fully saturated rings. The molecule has 5 heteroatoms. The zero-order valence-corrected chi connectivity index (χ0v) is 10.7. The lowest BCUT2D eigenvalue weighted by molar-refractivity contribution is 0.731. The summed E-state index contributed by atoms with van der Waals surface area (Å²) in [5.74, 6) is 0. The molecule has 0 unspecified atom stereocenters. The van der Waals surface area contributed by atoms with Crippen molar-refractivity contribution in [1.29, 1.82) is 0 Å². The maximum Gasteiger partial charge on any atom is 0.171 e. The Morgan fingerprint density at radius 1 is 1.40 bits per heavy atom. The number of nitrogens with zero attached hydrogens (tertiary/aromatic N) is 2. The lowest BCUT2D eigenvalue weighted by atomic mass is 10.3. The summed E-state index contributed by atoms with van der Waals surface area (Å²) in [6, 6.07) is 0.335. The standard InChI is InChI=1S/C10H18N4S/c1-6(2)11-10(15)12-9-7(3)13-14(5)8(9)4/h6H,1-5H3,(H2,11,12,15). The molecule has 15 heavy (non-hydrogen) atoms. The van der Waals surface area contributed by atoms with Crippen LogP contribution in [0.2, 0.25) is 0 Å². The summed E-state index contributed by atoms with van der Waals surface area (Å²) in [6.45, 7) is 8.08. The Hall–Kier alpha value is -1.10. The summed E-state index contributed by atoms with van der Waals surface area (Å²) in [6.07, 6.45) is 0. The van der Waals surface area contributed by atoms with Crippen LogP contribution in [0.4, 0.5) is 5.69 Å². The van der Waals surface area contributed by atoms with Crippen LogP contribution in [0.1, 0.15) is 25.2 Å². The maximum absolute atomic E-state index is 5.18. The lowest BCUT2D eigenvalue weighted by Crippen LogP contribution is -2.34. The molecule has 0 aliphatic carbocycles. The fraction of sp³-hybridized carbons (Fsp3) is 0.600. The van der Waals surface area contributed by atoms with Crippen LogP contribution in [0.25, 0.3) is 0 Å². The maximum atomic E-state index is 5.18. The van der Waals surface area contributed by atoms with Gasteiger partial charge in [-0.2, -0.15) is 5.10 Å². The molecule has 0 radical (unpaired) electrons. The normalized spacial score (nSPS) is 10.5. The molecule has 2 N–H and O–H groups in total. The van der Waals surface area contributed by atoms with Crippen molar-refractivity contribution < 1.29 is 0 Å². The third kappa shape index (κ3) is 2.92. The average Bonchev–Trinajstić information content (AvgIpc) is 2.31. The first kappa shape index (κ1) is 12.0. The van der Waals surface area contributed by atoms with Gasteiger partial charge < -0.3 is 10.6 Å². The molecule has 0 atom stereocenters. The summed E-state index contributed by atoms with van der Waals surface area (Å²) in [5.41, 5.74) is 3.04. The molecular formula is C10H18N4S. The van der Waals surface area contributed by atoms with Crippen molar-refractivity contribution in [2.45, 2.75) is 33.7 Å². The second-order valence-corrected chi connectivity index (χ2v) is 4.33. The van der Waals surface area contributed by atoms with E-state index in [4.69, 9.17) is 12.2 Å². The molecule has 1 aromatic heterocycles. The molecule has 1 heterocycles. The molecule has 1 rings (SSSR count). The highest BCUT2D eigenvalue weighted by Gasteiger charge is 2.10. The van der Waals surface area contributed by atoms with Gasteiger partial charge in [-0.25, -0.2) is 0 Å². The molecule has 0 spiro atoms. The number of hydrogen-bond acceptors (Lipinski definition) is 2. The van der Waals surface area contributed by atoms with Gasteiger partial charge in [-0.05, 0) is 39.9 Å². The van der Waals surface area contributed by atoms with Crippen molar-refractivity contribution in [1.82, 2.24) is 15.1 Å². The number of thiocarbonyl (C=S) groups is 1. The quantitative estimate of drug-likeness (QED) is 0.754. The summed E-state index contributed by atoms with van der Waals surface area (Å²) in [5, 5.41) is 11.3. The van der Waals surface area contributed by atoms with Crippen LogP contribution in [0.15, 0.2) is 0 Å². The van der Waals surface area contributed by atoms with E-state index in [1.165, 1.54) is 0 Å². The molecule has 0 aliphatic heterocycles. The molecule has 1 aromatic rings. The first-order valence-electron chi connectivity index (χ1n) is 4.99. The molecule has 0 aromatic carbocycles. The van der Waals surface area contributed by atoms with E-state index >= 15 is 0 Å². The molecule has 0 bridgehead atoms. The van der Waals surface area contributed by atoms with Gasteiger partial charge in [0.1, 0.15) is 0 Å². The minimum atomic E-state index is 0.335. The van der Waals surface area contributed by atoms with E-state index in [1.807, 2.05) is 25.6 Å². The second kappa shape index (κ2) is 4.61. The minimum absolute atomic E-state index is 0.335. The van der Waals surface area contributed by atoms with Gasteiger partial charge in [0.05, 0.1) is 17.1 Å². The van der Waals surface area contributed by atoms with Crippen LogP contribution in [0.3, 0.4) is 0 Å². The Morgan fingerprint density at radius 3 is 2.40 bits per heavy atom. The summed E-state index contributed by atoms with van der Waals surface area (Å²) in [7, 11) is 1.92. The fourth-order valence-electron chi connectivity index (χ4n) is 1.37. The third-order valence-electron chi connectivity index (χ3n) is 2.17. The Bertz CT molecular complexity index is 368. The summed E-state index contributed by atoms with van der Waals surface area (Å²) >= 11 is 5.18. The van der Waals surface area contributed by atoms with Crippen molar-refractivity contribution in [3.05, 3.63) is 11.4 Å². The molecule has 0 aliphatic rings. The fourth-order valence-corrected chi connectivity index (χ4v) is 1.70. The largest absolute Gasteiger partial charge is 0.360 e. The van der Waals surface area contributed by atoms with Crippen LogP contribution in [-0.2, 0) is 7.05 Å². The Kier molecular flexibility index (Phi) is 3.68. The van der Waals surface area contributed by atoms with Gasteiger partial charge in [0, 0.05) is 13.1 Å². The van der Waals surface area contributed by atoms with E-state index in [9.17, 15) is 0 Å². The van der Waals surface area contributed by atoms with Crippen LogP contribution in [0, 0.1) is 13.8 Å². The van der Waals surface area contributed by atoms with Gasteiger partial charge >= 0.3 is 0 Å². The van der Waals surface area contributed by atoms with Gasteiger partial charge in [-0.1, -0.05) is 0 Å². The van der Waals surface area contributed by atoms with Crippen molar-refractivity contribution in [3.63, 3.8) is 0 Å². The predicted molar refractivity (Wildman–Crippen MR) is 67.2 cm³/mol. The van der Waals surface area contributed by atoms with E-state index in [2.05, 4.69) is 29.6 Å². The number of aryl methyl sites for hydroxylation is 2. The van der Waals surface area contributed by atoms with Crippen molar-refractivity contribution in [2.75, 3.05) is 5.32 Å². The second-order valence-electron chi connectivity index (χ2n) is 3.92. The first-order chi connectivity index (χ1) is 6.91. The summed E-state index contributed by atoms with van der Waals surface area (Å²) in [4.78, 5) is 0. The Morgan fingerprint density at radius 2 is 2.00 bits per heavy atom. The molecular weight excluding hydrogens is 208 g/mol. The minimum Gasteiger partial charge on any atom is -0.360 e. The summed E-state index contributed by atoms with van der Waals surface area (Å²) < 4.78 is 1.84. The SMILES string of the molecule is Cc1nn(C)c(C)c1NC(=S)NC(C)C. The van der Waals surface area contributed by atoms with Gasteiger partial charge in [0.2, 0.25) is 0 Å². The highest BCUT2D eigenvalue weighted by molar-refractivity contribution is 7.80.